The number of hydrogen-bond acceptors (Lipinski definition) is 7. The summed E-state index contributed by atoms with van der Waals surface area (Å²) in [4.78, 5) is 48.6. The van der Waals surface area contributed by atoms with Gasteiger partial charge in [0.05, 0.1) is 19.2 Å². The van der Waals surface area contributed by atoms with E-state index in [0.29, 0.717) is 11.3 Å². The number of methoxy groups -OCH3 is 1. The minimum atomic E-state index is -0.984. The summed E-state index contributed by atoms with van der Waals surface area (Å²) in [5.41, 5.74) is 0.0485. The second-order valence-corrected chi connectivity index (χ2v) is 6.96. The zero-order chi connectivity index (χ0) is 20.9. The molecule has 1 atom stereocenters. The van der Waals surface area contributed by atoms with Gasteiger partial charge in [-0.05, 0) is 45.0 Å². The number of cyclic esters (lactones) is 1. The maximum absolute atomic E-state index is 12.2. The van der Waals surface area contributed by atoms with Gasteiger partial charge < -0.3 is 24.8 Å². The fourth-order valence-corrected chi connectivity index (χ4v) is 2.31. The molecule has 0 radical (unpaired) electrons. The first-order chi connectivity index (χ1) is 13.1. The van der Waals surface area contributed by atoms with Crippen LogP contribution >= 0.6 is 0 Å². The zero-order valence-electron chi connectivity index (χ0n) is 16.1. The fraction of sp³-hybridized carbons (Fsp3) is 0.444. The molecule has 0 spiro atoms. The van der Waals surface area contributed by atoms with Crippen molar-refractivity contribution in [3.8, 4) is 0 Å². The lowest BCUT2D eigenvalue weighted by Gasteiger charge is -2.25. The quantitative estimate of drug-likeness (QED) is 0.590. The summed E-state index contributed by atoms with van der Waals surface area (Å²) in [6, 6.07) is 4.49. The number of esters is 2. The van der Waals surface area contributed by atoms with Gasteiger partial charge in [-0.1, -0.05) is 0 Å². The van der Waals surface area contributed by atoms with Gasteiger partial charge in [0.1, 0.15) is 5.60 Å². The van der Waals surface area contributed by atoms with Crippen LogP contribution in [-0.4, -0.2) is 61.0 Å². The number of carbonyl (C=O) groups excluding carboxylic acids is 4. The number of nitrogens with one attached hydrogen (secondary N) is 2. The number of urea groups is 1. The summed E-state index contributed by atoms with van der Waals surface area (Å²) in [5, 5.41) is 5.07. The van der Waals surface area contributed by atoms with E-state index in [4.69, 9.17) is 9.47 Å². The van der Waals surface area contributed by atoms with Crippen LogP contribution in [0, 0.1) is 0 Å². The van der Waals surface area contributed by atoms with Gasteiger partial charge in [0.25, 0.3) is 0 Å². The van der Waals surface area contributed by atoms with Crippen molar-refractivity contribution in [1.29, 1.82) is 0 Å². The molecule has 1 aromatic carbocycles. The summed E-state index contributed by atoms with van der Waals surface area (Å²) < 4.78 is 14.7. The van der Waals surface area contributed by atoms with Gasteiger partial charge >= 0.3 is 24.1 Å². The van der Waals surface area contributed by atoms with Gasteiger partial charge in [0.15, 0.2) is 12.8 Å². The Kier molecular flexibility index (Phi) is 6.45. The predicted molar refractivity (Wildman–Crippen MR) is 97.6 cm³/mol. The lowest BCUT2D eigenvalue weighted by Crippen LogP contribution is -2.48. The van der Waals surface area contributed by atoms with E-state index in [1.807, 2.05) is 0 Å². The van der Waals surface area contributed by atoms with Crippen LogP contribution in [0.2, 0.25) is 0 Å². The molecule has 1 saturated heterocycles. The first-order valence-electron chi connectivity index (χ1n) is 8.50. The Morgan fingerprint density at radius 2 is 1.86 bits per heavy atom. The van der Waals surface area contributed by atoms with E-state index in [1.165, 1.54) is 31.4 Å². The molecule has 1 aromatic rings. The molecular weight excluding hydrogens is 370 g/mol. The molecule has 0 unspecified atom stereocenters. The number of ether oxygens (including phenoxy) is 3. The molecule has 10 nitrogen and oxygen atoms in total. The Morgan fingerprint density at radius 1 is 1.21 bits per heavy atom. The SMILES string of the molecule is COC(=O)c1ccc(NC(=O)NC[C@H]2C(=O)OCN2C(=O)OC(C)(C)C)cc1. The van der Waals surface area contributed by atoms with Gasteiger partial charge in [0.2, 0.25) is 0 Å². The standard InChI is InChI=1S/C18H23N3O7/c1-18(2,3)28-17(25)21-10-27-15(23)13(21)9-19-16(24)20-12-7-5-11(6-8-12)14(22)26-4/h5-8,13H,9-10H2,1-4H3,(H2,19,20,24)/t13-/m0/s1. The van der Waals surface area contributed by atoms with E-state index in [-0.39, 0.29) is 13.3 Å². The highest BCUT2D eigenvalue weighted by Gasteiger charge is 2.40. The van der Waals surface area contributed by atoms with E-state index in [0.717, 1.165) is 4.90 Å². The first-order valence-corrected chi connectivity index (χ1v) is 8.50. The monoisotopic (exact) mass is 393 g/mol. The molecular formula is C18H23N3O7. The number of amides is 3. The van der Waals surface area contributed by atoms with Crippen molar-refractivity contribution in [2.75, 3.05) is 25.7 Å². The van der Waals surface area contributed by atoms with E-state index in [9.17, 15) is 19.2 Å². The molecule has 0 aromatic heterocycles. The van der Waals surface area contributed by atoms with Crippen molar-refractivity contribution in [2.24, 2.45) is 0 Å². The van der Waals surface area contributed by atoms with Crippen molar-refractivity contribution in [2.45, 2.75) is 32.4 Å². The summed E-state index contributed by atoms with van der Waals surface area (Å²) in [6.07, 6.45) is -0.705. The van der Waals surface area contributed by atoms with Crippen LogP contribution in [0.1, 0.15) is 31.1 Å². The van der Waals surface area contributed by atoms with Crippen molar-refractivity contribution in [3.05, 3.63) is 29.8 Å². The molecule has 1 heterocycles. The number of benzene rings is 1. The average molecular weight is 393 g/mol. The fourth-order valence-electron chi connectivity index (χ4n) is 2.31. The Labute approximate surface area is 162 Å². The molecule has 0 saturated carbocycles. The summed E-state index contributed by atoms with van der Waals surface area (Å²) in [7, 11) is 1.27. The van der Waals surface area contributed by atoms with Gasteiger partial charge in [-0.15, -0.1) is 0 Å². The van der Waals surface area contributed by atoms with Crippen molar-refractivity contribution in [1.82, 2.24) is 10.2 Å². The van der Waals surface area contributed by atoms with Gasteiger partial charge in [-0.3, -0.25) is 4.90 Å². The second-order valence-electron chi connectivity index (χ2n) is 6.96. The van der Waals surface area contributed by atoms with Crippen LogP contribution in [0.15, 0.2) is 24.3 Å². The number of hydrogen-bond donors (Lipinski definition) is 2. The average Bonchev–Trinajstić information content (AvgIpc) is 2.99. The Balaban J connectivity index is 1.90. The minimum Gasteiger partial charge on any atom is -0.465 e. The summed E-state index contributed by atoms with van der Waals surface area (Å²) >= 11 is 0. The molecule has 1 fully saturated rings. The lowest BCUT2D eigenvalue weighted by atomic mass is 10.2. The highest BCUT2D eigenvalue weighted by Crippen LogP contribution is 2.17. The van der Waals surface area contributed by atoms with Crippen molar-refractivity contribution in [3.63, 3.8) is 0 Å². The molecule has 10 heteroatoms. The Bertz CT molecular complexity index is 755. The van der Waals surface area contributed by atoms with E-state index < -0.39 is 35.7 Å². The molecule has 152 valence electrons. The summed E-state index contributed by atoms with van der Waals surface area (Å²) in [5.74, 6) is -1.12. The number of nitrogens with zero attached hydrogens (tertiary/aromatic N) is 1. The molecule has 0 bridgehead atoms. The minimum absolute atomic E-state index is 0.149. The molecule has 1 aliphatic heterocycles. The van der Waals surface area contributed by atoms with Crippen LogP contribution in [0.3, 0.4) is 0 Å². The number of rotatable bonds is 4. The number of anilines is 1. The third-order valence-electron chi connectivity index (χ3n) is 3.64. The van der Waals surface area contributed by atoms with Crippen LogP contribution < -0.4 is 10.6 Å². The number of carbonyl (C=O) groups is 4. The smallest absolute Gasteiger partial charge is 0.413 e. The van der Waals surface area contributed by atoms with Gasteiger partial charge in [-0.25, -0.2) is 19.2 Å². The van der Waals surface area contributed by atoms with Crippen LogP contribution in [-0.2, 0) is 19.0 Å². The molecule has 0 aliphatic carbocycles. The van der Waals surface area contributed by atoms with E-state index in [1.54, 1.807) is 20.8 Å². The summed E-state index contributed by atoms with van der Waals surface area (Å²) in [6.45, 7) is 4.72. The highest BCUT2D eigenvalue weighted by atomic mass is 16.6. The van der Waals surface area contributed by atoms with Gasteiger partial charge in [0, 0.05) is 5.69 Å². The third-order valence-corrected chi connectivity index (χ3v) is 3.64. The van der Waals surface area contributed by atoms with Crippen molar-refractivity contribution < 1.29 is 33.4 Å². The normalized spacial score (nSPS) is 16.2. The largest absolute Gasteiger partial charge is 0.465 e. The highest BCUT2D eigenvalue weighted by molar-refractivity contribution is 5.92. The molecule has 2 N–H and O–H groups in total. The molecule has 28 heavy (non-hydrogen) atoms. The topological polar surface area (TPSA) is 123 Å². The third kappa shape index (κ3) is 5.60. The van der Waals surface area contributed by atoms with Crippen molar-refractivity contribution >= 4 is 29.8 Å². The predicted octanol–water partition coefficient (Wildman–Crippen LogP) is 1.71. The lowest BCUT2D eigenvalue weighted by molar-refractivity contribution is -0.139. The van der Waals surface area contributed by atoms with Gasteiger partial charge in [-0.2, -0.15) is 0 Å². The van der Waals surface area contributed by atoms with Crippen LogP contribution in [0.4, 0.5) is 15.3 Å². The molecule has 1 aliphatic rings. The maximum Gasteiger partial charge on any atom is 0.413 e. The maximum atomic E-state index is 12.2. The molecule has 3 amide bonds. The van der Waals surface area contributed by atoms with Crippen LogP contribution in [0.5, 0.6) is 0 Å². The van der Waals surface area contributed by atoms with E-state index >= 15 is 0 Å². The molecule has 2 rings (SSSR count). The Hall–Kier alpha value is -3.30. The van der Waals surface area contributed by atoms with Crippen LogP contribution in [0.25, 0.3) is 0 Å². The zero-order valence-corrected chi connectivity index (χ0v) is 16.1. The second kappa shape index (κ2) is 8.59. The van der Waals surface area contributed by atoms with E-state index in [2.05, 4.69) is 15.4 Å². The first kappa shape index (κ1) is 21.0. The Morgan fingerprint density at radius 3 is 2.43 bits per heavy atom.